The Hall–Kier alpha value is -2.35. The lowest BCUT2D eigenvalue weighted by Crippen LogP contribution is -2.09. The van der Waals surface area contributed by atoms with E-state index in [1.54, 1.807) is 19.1 Å². The summed E-state index contributed by atoms with van der Waals surface area (Å²) < 4.78 is 9.85. The first-order valence-corrected chi connectivity index (χ1v) is 6.55. The number of anilines is 1. The van der Waals surface area contributed by atoms with Crippen LogP contribution in [0.4, 0.5) is 11.4 Å². The number of aromatic nitrogens is 2. The Morgan fingerprint density at radius 3 is 2.95 bits per heavy atom. The third-order valence-electron chi connectivity index (χ3n) is 2.64. The Morgan fingerprint density at radius 2 is 2.29 bits per heavy atom. The number of halogens is 1. The molecule has 1 N–H and O–H groups in total. The van der Waals surface area contributed by atoms with Gasteiger partial charge in [-0.1, -0.05) is 16.8 Å². The Morgan fingerprint density at radius 1 is 1.48 bits per heavy atom. The summed E-state index contributed by atoms with van der Waals surface area (Å²) in [5.74, 6) is 0.354. The van der Waals surface area contributed by atoms with Crippen molar-refractivity contribution in [1.82, 2.24) is 10.3 Å². The molecule has 1 heterocycles. The van der Waals surface area contributed by atoms with E-state index in [-0.39, 0.29) is 5.69 Å². The molecular weight excluding hydrogens is 300 g/mol. The third kappa shape index (κ3) is 4.06. The van der Waals surface area contributed by atoms with Gasteiger partial charge in [-0.25, -0.2) is 4.63 Å². The van der Waals surface area contributed by atoms with Gasteiger partial charge in [0.25, 0.3) is 11.6 Å². The lowest BCUT2D eigenvalue weighted by molar-refractivity contribution is -0.383. The van der Waals surface area contributed by atoms with Crippen LogP contribution in [0, 0.1) is 17.0 Å². The third-order valence-corrected chi connectivity index (χ3v) is 2.88. The molecule has 0 bridgehead atoms. The Balaban J connectivity index is 1.81. The molecule has 0 saturated carbocycles. The van der Waals surface area contributed by atoms with Crippen LogP contribution in [0.1, 0.15) is 12.1 Å². The molecule has 1 aromatic carbocycles. The highest BCUT2D eigenvalue weighted by molar-refractivity contribution is 6.30. The van der Waals surface area contributed by atoms with Gasteiger partial charge in [-0.05, 0) is 30.6 Å². The predicted molar refractivity (Wildman–Crippen MR) is 75.7 cm³/mol. The molecule has 2 aromatic rings. The van der Waals surface area contributed by atoms with Crippen molar-refractivity contribution in [1.29, 1.82) is 0 Å². The first kappa shape index (κ1) is 15.0. The molecule has 0 saturated heterocycles. The van der Waals surface area contributed by atoms with E-state index in [1.165, 1.54) is 6.07 Å². The number of nitro benzene ring substituents is 1. The van der Waals surface area contributed by atoms with Crippen molar-refractivity contribution < 1.29 is 14.3 Å². The van der Waals surface area contributed by atoms with Crippen molar-refractivity contribution in [3.8, 4) is 5.88 Å². The molecule has 0 fully saturated rings. The number of rotatable bonds is 7. The number of ether oxygens (including phenoxy) is 1. The van der Waals surface area contributed by atoms with Crippen molar-refractivity contribution in [2.24, 2.45) is 0 Å². The molecule has 1 aromatic heterocycles. The van der Waals surface area contributed by atoms with Crippen molar-refractivity contribution in [2.75, 3.05) is 18.5 Å². The SMILES string of the molecule is Cc1nonc1OCCCNc1ccc(Cl)cc1[N+](=O)[O-]. The molecule has 0 spiro atoms. The van der Waals surface area contributed by atoms with Gasteiger partial charge in [-0.2, -0.15) is 0 Å². The van der Waals surface area contributed by atoms with Crippen LogP contribution in [-0.4, -0.2) is 28.4 Å². The molecule has 21 heavy (non-hydrogen) atoms. The van der Waals surface area contributed by atoms with Crippen molar-refractivity contribution in [3.63, 3.8) is 0 Å². The number of hydrogen-bond donors (Lipinski definition) is 1. The largest absolute Gasteiger partial charge is 0.474 e. The minimum absolute atomic E-state index is 0.0556. The number of nitrogens with one attached hydrogen (secondary N) is 1. The summed E-state index contributed by atoms with van der Waals surface area (Å²) in [6.45, 7) is 2.62. The highest BCUT2D eigenvalue weighted by atomic mass is 35.5. The van der Waals surface area contributed by atoms with Gasteiger partial charge in [0.15, 0.2) is 0 Å². The summed E-state index contributed by atoms with van der Waals surface area (Å²) in [7, 11) is 0. The fourth-order valence-electron chi connectivity index (χ4n) is 1.62. The number of nitrogens with zero attached hydrogens (tertiary/aromatic N) is 3. The zero-order chi connectivity index (χ0) is 15.2. The monoisotopic (exact) mass is 312 g/mol. The fraction of sp³-hybridized carbons (Fsp3) is 0.333. The molecule has 0 aliphatic heterocycles. The maximum absolute atomic E-state index is 10.9. The quantitative estimate of drug-likeness (QED) is 0.476. The summed E-state index contributed by atoms with van der Waals surface area (Å²) in [5, 5.41) is 21.4. The van der Waals surface area contributed by atoms with Crippen molar-refractivity contribution in [3.05, 3.63) is 39.0 Å². The summed E-state index contributed by atoms with van der Waals surface area (Å²) >= 11 is 5.74. The second-order valence-electron chi connectivity index (χ2n) is 4.20. The van der Waals surface area contributed by atoms with E-state index in [9.17, 15) is 10.1 Å². The van der Waals surface area contributed by atoms with E-state index in [4.69, 9.17) is 16.3 Å². The molecule has 2 rings (SSSR count). The van der Waals surface area contributed by atoms with Gasteiger partial charge in [0.1, 0.15) is 11.4 Å². The van der Waals surface area contributed by atoms with Crippen LogP contribution < -0.4 is 10.1 Å². The van der Waals surface area contributed by atoms with Gasteiger partial charge in [0.2, 0.25) is 0 Å². The first-order valence-electron chi connectivity index (χ1n) is 6.17. The molecular formula is C12H13ClN4O4. The van der Waals surface area contributed by atoms with Crippen molar-refractivity contribution >= 4 is 23.0 Å². The summed E-state index contributed by atoms with van der Waals surface area (Å²) in [6.07, 6.45) is 0.631. The van der Waals surface area contributed by atoms with Crippen LogP contribution in [0.5, 0.6) is 5.88 Å². The van der Waals surface area contributed by atoms with Gasteiger partial charge in [-0.15, -0.1) is 0 Å². The summed E-state index contributed by atoms with van der Waals surface area (Å²) in [4.78, 5) is 10.4. The number of benzene rings is 1. The Kier molecular flexibility index (Phi) is 4.94. The van der Waals surface area contributed by atoms with Gasteiger partial charge in [0.05, 0.1) is 11.5 Å². The van der Waals surface area contributed by atoms with Crippen LogP contribution in [0.2, 0.25) is 5.02 Å². The molecule has 0 amide bonds. The minimum Gasteiger partial charge on any atom is -0.474 e. The Labute approximate surface area is 125 Å². The van der Waals surface area contributed by atoms with E-state index in [0.717, 1.165) is 0 Å². The second kappa shape index (κ2) is 6.89. The standard InChI is InChI=1S/C12H13ClN4O4/c1-8-12(16-21-15-8)20-6-2-5-14-10-4-3-9(13)7-11(10)17(18)19/h3-4,7,14H,2,5-6H2,1H3. The maximum Gasteiger partial charge on any atom is 0.293 e. The van der Waals surface area contributed by atoms with Crippen LogP contribution in [0.15, 0.2) is 22.8 Å². The molecule has 8 nitrogen and oxygen atoms in total. The molecule has 112 valence electrons. The number of hydrogen-bond acceptors (Lipinski definition) is 7. The van der Waals surface area contributed by atoms with Gasteiger partial charge < -0.3 is 10.1 Å². The lowest BCUT2D eigenvalue weighted by atomic mass is 10.2. The molecule has 0 aliphatic carbocycles. The minimum atomic E-state index is -0.477. The van der Waals surface area contributed by atoms with E-state index >= 15 is 0 Å². The predicted octanol–water partition coefficient (Wildman–Crippen LogP) is 2.82. The number of nitro groups is 1. The van der Waals surface area contributed by atoms with Crippen LogP contribution >= 0.6 is 11.6 Å². The van der Waals surface area contributed by atoms with E-state index < -0.39 is 4.92 Å². The highest BCUT2D eigenvalue weighted by Crippen LogP contribution is 2.27. The maximum atomic E-state index is 10.9. The van der Waals surface area contributed by atoms with Gasteiger partial charge >= 0.3 is 0 Å². The van der Waals surface area contributed by atoms with Crippen LogP contribution in [0.3, 0.4) is 0 Å². The first-order chi connectivity index (χ1) is 10.1. The van der Waals surface area contributed by atoms with Crippen LogP contribution in [0.25, 0.3) is 0 Å². The molecule has 9 heteroatoms. The lowest BCUT2D eigenvalue weighted by Gasteiger charge is -2.07. The molecule has 0 radical (unpaired) electrons. The average molecular weight is 313 g/mol. The average Bonchev–Trinajstić information content (AvgIpc) is 2.85. The number of aryl methyl sites for hydroxylation is 1. The van der Waals surface area contributed by atoms with Crippen molar-refractivity contribution in [2.45, 2.75) is 13.3 Å². The summed E-state index contributed by atoms with van der Waals surface area (Å²) in [5.41, 5.74) is 0.944. The zero-order valence-corrected chi connectivity index (χ0v) is 12.0. The second-order valence-corrected chi connectivity index (χ2v) is 4.64. The fourth-order valence-corrected chi connectivity index (χ4v) is 1.79. The zero-order valence-electron chi connectivity index (χ0n) is 11.2. The topological polar surface area (TPSA) is 103 Å². The molecule has 0 unspecified atom stereocenters. The van der Waals surface area contributed by atoms with Gasteiger partial charge in [-0.3, -0.25) is 10.1 Å². The van der Waals surface area contributed by atoms with E-state index in [2.05, 4.69) is 20.3 Å². The normalized spacial score (nSPS) is 10.4. The summed E-state index contributed by atoms with van der Waals surface area (Å²) in [6, 6.07) is 4.48. The molecule has 0 atom stereocenters. The smallest absolute Gasteiger partial charge is 0.293 e. The van der Waals surface area contributed by atoms with Crippen LogP contribution in [-0.2, 0) is 0 Å². The van der Waals surface area contributed by atoms with Gasteiger partial charge in [0, 0.05) is 17.6 Å². The van der Waals surface area contributed by atoms with E-state index in [0.29, 0.717) is 41.9 Å². The Bertz CT molecular complexity index is 631. The molecule has 0 aliphatic rings. The van der Waals surface area contributed by atoms with E-state index in [1.807, 2.05) is 0 Å². The highest BCUT2D eigenvalue weighted by Gasteiger charge is 2.13.